The average Bonchev–Trinajstić information content (AvgIpc) is 2.73. The Hall–Kier alpha value is -3.52. The van der Waals surface area contributed by atoms with Gasteiger partial charge in [0.1, 0.15) is 6.54 Å². The summed E-state index contributed by atoms with van der Waals surface area (Å²) in [7, 11) is -3.97. The number of sulfonamides is 1. The average molecular weight is 437 g/mol. The molecule has 0 bridgehead atoms. The summed E-state index contributed by atoms with van der Waals surface area (Å²) < 4.78 is 27.9. The minimum absolute atomic E-state index is 0.114. The van der Waals surface area contributed by atoms with Crippen molar-refractivity contribution < 1.29 is 13.2 Å². The first-order chi connectivity index (χ1) is 14.8. The van der Waals surface area contributed by atoms with Crippen LogP contribution >= 0.6 is 0 Å². The molecule has 1 aromatic heterocycles. The van der Waals surface area contributed by atoms with Gasteiger partial charge < -0.3 is 0 Å². The van der Waals surface area contributed by atoms with E-state index < -0.39 is 22.5 Å². The first-order valence-corrected chi connectivity index (χ1v) is 11.1. The molecule has 0 aliphatic rings. The highest BCUT2D eigenvalue weighted by Crippen LogP contribution is 2.27. The summed E-state index contributed by atoms with van der Waals surface area (Å²) in [5, 5.41) is 3.88. The van der Waals surface area contributed by atoms with Gasteiger partial charge in [-0.15, -0.1) is 0 Å². The molecule has 0 saturated heterocycles. The van der Waals surface area contributed by atoms with Crippen LogP contribution < -0.4 is 9.73 Å². The molecule has 1 N–H and O–H groups in total. The summed E-state index contributed by atoms with van der Waals surface area (Å²) >= 11 is 0. The highest BCUT2D eigenvalue weighted by Gasteiger charge is 2.28. The van der Waals surface area contributed by atoms with Gasteiger partial charge >= 0.3 is 0 Å². The third kappa shape index (κ3) is 5.55. The third-order valence-electron chi connectivity index (χ3n) is 4.59. The Morgan fingerprint density at radius 1 is 1.03 bits per heavy atom. The van der Waals surface area contributed by atoms with E-state index in [0.717, 1.165) is 21.0 Å². The fraction of sp³-hybridized carbons (Fsp3) is 0.174. The number of benzene rings is 2. The van der Waals surface area contributed by atoms with Gasteiger partial charge in [0.2, 0.25) is 0 Å². The molecule has 1 heterocycles. The molecule has 3 rings (SSSR count). The van der Waals surface area contributed by atoms with E-state index in [-0.39, 0.29) is 4.90 Å². The third-order valence-corrected chi connectivity index (χ3v) is 6.36. The number of nitrogens with one attached hydrogen (secondary N) is 1. The van der Waals surface area contributed by atoms with Crippen molar-refractivity contribution in [3.63, 3.8) is 0 Å². The van der Waals surface area contributed by atoms with Crippen LogP contribution in [0.1, 0.15) is 22.4 Å². The van der Waals surface area contributed by atoms with Crippen LogP contribution in [-0.4, -0.2) is 32.1 Å². The van der Waals surface area contributed by atoms with Gasteiger partial charge in [-0.1, -0.05) is 41.5 Å². The van der Waals surface area contributed by atoms with Gasteiger partial charge in [-0.05, 0) is 56.7 Å². The Balaban J connectivity index is 1.89. The van der Waals surface area contributed by atoms with E-state index in [2.05, 4.69) is 15.5 Å². The van der Waals surface area contributed by atoms with E-state index in [4.69, 9.17) is 0 Å². The van der Waals surface area contributed by atoms with Crippen molar-refractivity contribution in [2.24, 2.45) is 5.10 Å². The zero-order valence-electron chi connectivity index (χ0n) is 17.6. The van der Waals surface area contributed by atoms with Crippen LogP contribution in [0.3, 0.4) is 0 Å². The van der Waals surface area contributed by atoms with Gasteiger partial charge in [-0.3, -0.25) is 14.1 Å². The zero-order chi connectivity index (χ0) is 22.4. The minimum atomic E-state index is -3.97. The normalized spacial score (nSPS) is 11.5. The largest absolute Gasteiger partial charge is 0.271 e. The second-order valence-electron chi connectivity index (χ2n) is 7.16. The minimum Gasteiger partial charge on any atom is -0.271 e. The second-order valence-corrected chi connectivity index (χ2v) is 9.02. The van der Waals surface area contributed by atoms with Crippen LogP contribution in [0.4, 0.5) is 5.69 Å². The van der Waals surface area contributed by atoms with E-state index in [1.165, 1.54) is 18.3 Å². The molecule has 0 fully saturated rings. The Bertz CT molecular complexity index is 1190. The van der Waals surface area contributed by atoms with Crippen molar-refractivity contribution in [2.45, 2.75) is 25.7 Å². The van der Waals surface area contributed by atoms with Crippen LogP contribution in [0, 0.1) is 20.8 Å². The topological polar surface area (TPSA) is 91.7 Å². The van der Waals surface area contributed by atoms with Crippen LogP contribution in [0.15, 0.2) is 76.9 Å². The molecule has 3 aromatic rings. The number of nitrogens with zero attached hydrogens (tertiary/aromatic N) is 3. The molecule has 0 radical (unpaired) electrons. The van der Waals surface area contributed by atoms with E-state index in [1.807, 2.05) is 32.9 Å². The maximum absolute atomic E-state index is 13.4. The van der Waals surface area contributed by atoms with Crippen molar-refractivity contribution in [3.8, 4) is 0 Å². The monoisotopic (exact) mass is 436 g/mol. The van der Waals surface area contributed by atoms with Crippen LogP contribution in [0.5, 0.6) is 0 Å². The van der Waals surface area contributed by atoms with Crippen molar-refractivity contribution >= 4 is 27.8 Å². The second kappa shape index (κ2) is 9.53. The van der Waals surface area contributed by atoms with Crippen molar-refractivity contribution in [1.82, 2.24) is 10.4 Å². The van der Waals surface area contributed by atoms with Crippen molar-refractivity contribution in [3.05, 3.63) is 89.2 Å². The quantitative estimate of drug-likeness (QED) is 0.454. The molecule has 160 valence electrons. The highest BCUT2D eigenvalue weighted by molar-refractivity contribution is 7.92. The SMILES string of the molecule is Cc1ccc(S(=O)(=O)N(CC(=O)N/N=C\c2ccccn2)c2ccc(C)cc2C)cc1. The smallest absolute Gasteiger partial charge is 0.264 e. The van der Waals surface area contributed by atoms with E-state index in [9.17, 15) is 13.2 Å². The number of hydrazone groups is 1. The molecular formula is C23H24N4O3S. The molecule has 31 heavy (non-hydrogen) atoms. The number of rotatable bonds is 7. The molecule has 0 atom stereocenters. The van der Waals surface area contributed by atoms with Gasteiger partial charge in [0.25, 0.3) is 15.9 Å². The number of pyridine rings is 1. The number of hydrogen-bond acceptors (Lipinski definition) is 5. The summed E-state index contributed by atoms with van der Waals surface area (Å²) in [5.74, 6) is -0.567. The summed E-state index contributed by atoms with van der Waals surface area (Å²) in [6, 6.07) is 17.2. The number of aryl methyl sites for hydroxylation is 3. The molecule has 0 spiro atoms. The first kappa shape index (κ1) is 22.2. The molecule has 2 aromatic carbocycles. The van der Waals surface area contributed by atoms with E-state index >= 15 is 0 Å². The first-order valence-electron chi connectivity index (χ1n) is 9.67. The highest BCUT2D eigenvalue weighted by atomic mass is 32.2. The van der Waals surface area contributed by atoms with Crippen LogP contribution in [0.25, 0.3) is 0 Å². The van der Waals surface area contributed by atoms with E-state index in [1.54, 1.807) is 42.6 Å². The number of aromatic nitrogens is 1. The van der Waals surface area contributed by atoms with Crippen molar-refractivity contribution in [1.29, 1.82) is 0 Å². The molecule has 8 heteroatoms. The van der Waals surface area contributed by atoms with Gasteiger partial charge in [0.15, 0.2) is 0 Å². The molecule has 0 saturated carbocycles. The van der Waals surface area contributed by atoms with E-state index in [0.29, 0.717) is 11.4 Å². The Morgan fingerprint density at radius 2 is 1.74 bits per heavy atom. The number of carbonyl (C=O) groups excluding carboxylic acids is 1. The lowest BCUT2D eigenvalue weighted by molar-refractivity contribution is -0.119. The zero-order valence-corrected chi connectivity index (χ0v) is 18.4. The maximum Gasteiger partial charge on any atom is 0.264 e. The summed E-state index contributed by atoms with van der Waals surface area (Å²) in [4.78, 5) is 16.8. The summed E-state index contributed by atoms with van der Waals surface area (Å²) in [6.07, 6.45) is 3.01. The predicted octanol–water partition coefficient (Wildman–Crippen LogP) is 3.35. The van der Waals surface area contributed by atoms with Gasteiger partial charge in [-0.25, -0.2) is 13.8 Å². The predicted molar refractivity (Wildman–Crippen MR) is 122 cm³/mol. The molecule has 0 unspecified atom stereocenters. The number of anilines is 1. The number of hydrogen-bond donors (Lipinski definition) is 1. The Kier molecular flexibility index (Phi) is 6.81. The fourth-order valence-electron chi connectivity index (χ4n) is 3.01. The molecule has 0 aliphatic heterocycles. The van der Waals surface area contributed by atoms with Crippen LogP contribution in [-0.2, 0) is 14.8 Å². The Labute approximate surface area is 182 Å². The standard InChI is InChI=1S/C23H24N4O3S/c1-17-7-10-21(11-8-17)31(29,30)27(22-12-9-18(2)14-19(22)3)16-23(28)26-25-15-20-6-4-5-13-24-20/h4-15H,16H2,1-3H3,(H,26,28)/b25-15-. The van der Waals surface area contributed by atoms with Gasteiger partial charge in [0.05, 0.1) is 22.5 Å². The lowest BCUT2D eigenvalue weighted by Crippen LogP contribution is -2.40. The Morgan fingerprint density at radius 3 is 2.39 bits per heavy atom. The molecular weight excluding hydrogens is 412 g/mol. The summed E-state index contributed by atoms with van der Waals surface area (Å²) in [5.41, 5.74) is 6.08. The maximum atomic E-state index is 13.4. The molecule has 0 aliphatic carbocycles. The molecule has 1 amide bonds. The lowest BCUT2D eigenvalue weighted by Gasteiger charge is -2.25. The van der Waals surface area contributed by atoms with Gasteiger partial charge in [0, 0.05) is 6.20 Å². The van der Waals surface area contributed by atoms with Crippen molar-refractivity contribution in [2.75, 3.05) is 10.8 Å². The van der Waals surface area contributed by atoms with Gasteiger partial charge in [-0.2, -0.15) is 5.10 Å². The fourth-order valence-corrected chi connectivity index (χ4v) is 4.50. The summed E-state index contributed by atoms with van der Waals surface area (Å²) in [6.45, 7) is 5.21. The number of amides is 1. The van der Waals surface area contributed by atoms with Crippen LogP contribution in [0.2, 0.25) is 0 Å². The molecule has 7 nitrogen and oxygen atoms in total. The lowest BCUT2D eigenvalue weighted by atomic mass is 10.1. The number of carbonyl (C=O) groups is 1.